The Kier molecular flexibility index (Phi) is 12.7. The molecule has 1 aliphatic heterocycles. The van der Waals surface area contributed by atoms with Crippen molar-refractivity contribution in [2.24, 2.45) is 0 Å². The fourth-order valence-electron chi connectivity index (χ4n) is 3.43. The van der Waals surface area contributed by atoms with Gasteiger partial charge < -0.3 is 24.9 Å². The number of nitrogens with one attached hydrogen (secondary N) is 2. The summed E-state index contributed by atoms with van der Waals surface area (Å²) < 4.78 is 5.53. The molecule has 7 nitrogen and oxygen atoms in total. The summed E-state index contributed by atoms with van der Waals surface area (Å²) in [4.78, 5) is 26.9. The second kappa shape index (κ2) is 15.0. The average Bonchev–Trinajstić information content (AvgIpc) is 3.06. The molecular weight excluding hydrogens is 416 g/mol. The lowest BCUT2D eigenvalue weighted by Gasteiger charge is -2.23. The number of carbonyl (C=O) groups excluding carboxylic acids is 2. The molecule has 2 N–H and O–H groups in total. The van der Waals surface area contributed by atoms with Gasteiger partial charge in [-0.25, -0.2) is 0 Å². The van der Waals surface area contributed by atoms with E-state index >= 15 is 0 Å². The first-order chi connectivity index (χ1) is 15.8. The van der Waals surface area contributed by atoms with Crippen molar-refractivity contribution < 1.29 is 14.0 Å². The molecule has 33 heavy (non-hydrogen) atoms. The molecule has 0 unspecified atom stereocenters. The summed E-state index contributed by atoms with van der Waals surface area (Å²) in [5.74, 6) is 1.88. The molecule has 0 bridgehead atoms. The van der Waals surface area contributed by atoms with E-state index in [0.29, 0.717) is 6.42 Å². The van der Waals surface area contributed by atoms with Crippen molar-refractivity contribution in [2.45, 2.75) is 59.8 Å². The predicted molar refractivity (Wildman–Crippen MR) is 137 cm³/mol. The lowest BCUT2D eigenvalue weighted by molar-refractivity contribution is -0.139. The van der Waals surface area contributed by atoms with E-state index in [4.69, 9.17) is 4.42 Å². The summed E-state index contributed by atoms with van der Waals surface area (Å²) in [5, 5.41) is 7.18. The van der Waals surface area contributed by atoms with Gasteiger partial charge in [0, 0.05) is 50.7 Å². The zero-order valence-corrected chi connectivity index (χ0v) is 21.3. The number of aryl methyl sites for hydroxylation is 1. The summed E-state index contributed by atoms with van der Waals surface area (Å²) in [6, 6.07) is 8.01. The highest BCUT2D eigenvalue weighted by Gasteiger charge is 2.20. The van der Waals surface area contributed by atoms with Gasteiger partial charge >= 0.3 is 0 Å². The molecule has 184 valence electrons. The van der Waals surface area contributed by atoms with Crippen LogP contribution in [0.2, 0.25) is 0 Å². The van der Waals surface area contributed by atoms with Crippen LogP contribution in [0.15, 0.2) is 41.1 Å². The first-order valence-corrected chi connectivity index (χ1v) is 12.0. The largest absolute Gasteiger partial charge is 0.461 e. The molecule has 1 aliphatic rings. The zero-order valence-electron chi connectivity index (χ0n) is 21.3. The van der Waals surface area contributed by atoms with E-state index in [2.05, 4.69) is 17.2 Å². The van der Waals surface area contributed by atoms with Crippen molar-refractivity contribution in [2.75, 3.05) is 39.0 Å². The van der Waals surface area contributed by atoms with Crippen molar-refractivity contribution in [3.63, 3.8) is 0 Å². The Morgan fingerprint density at radius 1 is 1.21 bits per heavy atom. The molecule has 2 amide bonds. The van der Waals surface area contributed by atoms with Crippen LogP contribution in [0.1, 0.15) is 58.6 Å². The van der Waals surface area contributed by atoms with Gasteiger partial charge in [-0.15, -0.1) is 0 Å². The summed E-state index contributed by atoms with van der Waals surface area (Å²) >= 11 is 0. The van der Waals surface area contributed by atoms with Crippen molar-refractivity contribution in [1.82, 2.24) is 15.1 Å². The number of nitrogens with zero attached hydrogens (tertiary/aromatic N) is 2. The first kappa shape index (κ1) is 28.1. The minimum Gasteiger partial charge on any atom is -0.461 e. The molecule has 7 heteroatoms. The molecule has 1 fully saturated rings. The molecule has 0 radical (unpaired) electrons. The average molecular weight is 459 g/mol. The fourth-order valence-corrected chi connectivity index (χ4v) is 3.43. The number of fused-ring (bicyclic) bond motifs is 1. The summed E-state index contributed by atoms with van der Waals surface area (Å²) in [6.45, 7) is 13.6. The SMILES string of the molecule is C=C(NC)Nc1ccc2cc(C)oc2c1.CC.CCCN(C)C(=O)CN1CCCCCC1=O. The molecule has 0 atom stereocenters. The van der Waals surface area contributed by atoms with Crippen LogP contribution >= 0.6 is 0 Å². The van der Waals surface area contributed by atoms with Gasteiger partial charge in [0.25, 0.3) is 0 Å². The molecule has 1 saturated heterocycles. The van der Waals surface area contributed by atoms with E-state index in [1.54, 1.807) is 16.8 Å². The lowest BCUT2D eigenvalue weighted by Crippen LogP contribution is -2.41. The Morgan fingerprint density at radius 3 is 2.61 bits per heavy atom. The van der Waals surface area contributed by atoms with Crippen molar-refractivity contribution in [3.8, 4) is 0 Å². The summed E-state index contributed by atoms with van der Waals surface area (Å²) in [5.41, 5.74) is 1.86. The number of rotatable bonds is 7. The molecule has 0 aliphatic carbocycles. The van der Waals surface area contributed by atoms with E-state index in [9.17, 15) is 9.59 Å². The fraction of sp³-hybridized carbons (Fsp3) is 0.538. The molecule has 0 saturated carbocycles. The standard InChI is InChI=1S/C12H22N2O2.C12H14N2O.C2H6/c1-3-8-13(2)12(16)10-14-9-6-4-5-7-11(14)15;1-8-6-10-4-5-11(7-12(10)15-8)14-9(2)13-3;1-2/h3-10H2,1-2H3;4-7,13-14H,2H2,1,3H3;1-2H3. The number of carbonyl (C=O) groups is 2. The third-order valence-electron chi connectivity index (χ3n) is 5.22. The van der Waals surface area contributed by atoms with Crippen LogP contribution in [0.5, 0.6) is 0 Å². The van der Waals surface area contributed by atoms with Gasteiger partial charge in [-0.05, 0) is 44.4 Å². The Bertz CT molecular complexity index is 891. The third kappa shape index (κ3) is 9.60. The number of furan rings is 1. The second-order valence-electron chi connectivity index (χ2n) is 7.90. The van der Waals surface area contributed by atoms with Crippen molar-refractivity contribution in [3.05, 3.63) is 42.4 Å². The number of anilines is 1. The molecule has 0 spiro atoms. The van der Waals surface area contributed by atoms with Gasteiger partial charge in [0.2, 0.25) is 11.8 Å². The highest BCUT2D eigenvalue weighted by molar-refractivity contribution is 5.85. The Labute approximate surface area is 199 Å². The summed E-state index contributed by atoms with van der Waals surface area (Å²) in [7, 11) is 3.62. The molecule has 1 aromatic heterocycles. The first-order valence-electron chi connectivity index (χ1n) is 12.0. The van der Waals surface area contributed by atoms with Crippen LogP contribution < -0.4 is 10.6 Å². The summed E-state index contributed by atoms with van der Waals surface area (Å²) in [6.07, 6.45) is 4.65. The minimum absolute atomic E-state index is 0.0529. The van der Waals surface area contributed by atoms with Crippen LogP contribution in [-0.4, -0.2) is 55.3 Å². The second-order valence-corrected chi connectivity index (χ2v) is 7.90. The number of hydrogen-bond donors (Lipinski definition) is 2. The molecule has 1 aromatic carbocycles. The maximum atomic E-state index is 11.8. The monoisotopic (exact) mass is 458 g/mol. The van der Waals surface area contributed by atoms with Crippen LogP contribution in [0, 0.1) is 6.92 Å². The number of benzene rings is 1. The quantitative estimate of drug-likeness (QED) is 0.602. The van der Waals surface area contributed by atoms with Crippen LogP contribution in [0.3, 0.4) is 0 Å². The third-order valence-corrected chi connectivity index (χ3v) is 5.22. The van der Waals surface area contributed by atoms with Gasteiger partial charge in [0.1, 0.15) is 11.3 Å². The molecule has 2 aromatic rings. The van der Waals surface area contributed by atoms with Gasteiger partial charge in [-0.3, -0.25) is 9.59 Å². The number of amides is 2. The maximum absolute atomic E-state index is 11.8. The van der Waals surface area contributed by atoms with Gasteiger partial charge in [0.05, 0.1) is 12.4 Å². The topological polar surface area (TPSA) is 77.8 Å². The van der Waals surface area contributed by atoms with Crippen LogP contribution in [0.4, 0.5) is 5.69 Å². The van der Waals surface area contributed by atoms with E-state index in [1.807, 2.05) is 59.0 Å². The molecule has 2 heterocycles. The Hall–Kier alpha value is -2.96. The smallest absolute Gasteiger partial charge is 0.241 e. The van der Waals surface area contributed by atoms with Crippen molar-refractivity contribution >= 4 is 28.5 Å². The highest BCUT2D eigenvalue weighted by atomic mass is 16.3. The van der Waals surface area contributed by atoms with E-state index in [0.717, 1.165) is 67.0 Å². The van der Waals surface area contributed by atoms with Crippen LogP contribution in [-0.2, 0) is 9.59 Å². The van der Waals surface area contributed by atoms with E-state index in [-0.39, 0.29) is 18.4 Å². The highest BCUT2D eigenvalue weighted by Crippen LogP contribution is 2.22. The normalized spacial score (nSPS) is 13.2. The van der Waals surface area contributed by atoms with Gasteiger partial charge in [-0.1, -0.05) is 33.8 Å². The van der Waals surface area contributed by atoms with E-state index in [1.165, 1.54) is 0 Å². The number of hydrogen-bond acceptors (Lipinski definition) is 5. The van der Waals surface area contributed by atoms with Crippen LogP contribution in [0.25, 0.3) is 11.0 Å². The predicted octanol–water partition coefficient (Wildman–Crippen LogP) is 5.13. The Balaban J connectivity index is 0.000000307. The maximum Gasteiger partial charge on any atom is 0.241 e. The zero-order chi connectivity index (χ0) is 24.8. The Morgan fingerprint density at radius 2 is 1.94 bits per heavy atom. The number of likely N-dealkylation sites (N-methyl/N-ethyl adjacent to an activating group) is 1. The number of likely N-dealkylation sites (tertiary alicyclic amines) is 1. The van der Waals surface area contributed by atoms with Gasteiger partial charge in [-0.2, -0.15) is 0 Å². The van der Waals surface area contributed by atoms with E-state index < -0.39 is 0 Å². The lowest BCUT2D eigenvalue weighted by atomic mass is 10.2. The van der Waals surface area contributed by atoms with Gasteiger partial charge in [0.15, 0.2) is 0 Å². The minimum atomic E-state index is 0.0529. The molecule has 3 rings (SSSR count). The molecular formula is C26H42N4O3. The van der Waals surface area contributed by atoms with Crippen molar-refractivity contribution in [1.29, 1.82) is 0 Å².